The second-order valence-electron chi connectivity index (χ2n) is 25.2. The van der Waals surface area contributed by atoms with Crippen molar-refractivity contribution in [2.45, 2.75) is 202 Å². The van der Waals surface area contributed by atoms with Crippen LogP contribution in [0.3, 0.4) is 0 Å². The Morgan fingerprint density at radius 3 is 1.96 bits per heavy atom. The maximum atomic E-state index is 14.2. The first-order valence-electron chi connectivity index (χ1n) is 32.4. The van der Waals surface area contributed by atoms with Crippen LogP contribution in [0.2, 0.25) is 0 Å². The van der Waals surface area contributed by atoms with E-state index in [1.807, 2.05) is 19.9 Å². The number of benzene rings is 1. The van der Waals surface area contributed by atoms with Gasteiger partial charge in [0.2, 0.25) is 11.8 Å². The number of likely N-dealkylation sites (N-methyl/N-ethyl adjacent to an activating group) is 1. The summed E-state index contributed by atoms with van der Waals surface area (Å²) in [6.45, 7) is 5.28. The molecule has 520 valence electrons. The highest BCUT2D eigenvalue weighted by molar-refractivity contribution is 5.96. The van der Waals surface area contributed by atoms with Crippen LogP contribution in [0.15, 0.2) is 134 Å². The summed E-state index contributed by atoms with van der Waals surface area (Å²) < 4.78 is 24.7. The van der Waals surface area contributed by atoms with Gasteiger partial charge in [0.15, 0.2) is 17.9 Å². The van der Waals surface area contributed by atoms with E-state index in [0.717, 1.165) is 5.69 Å². The molecule has 2 amide bonds. The first-order chi connectivity index (χ1) is 44.7. The number of cyclic esters (lactones) is 1. The molecule has 24 nitrogen and oxygen atoms in total. The molecule has 24 heteroatoms. The largest absolute Gasteiger partial charge is 0.461 e. The molecule has 19 atom stereocenters. The highest BCUT2D eigenvalue weighted by Gasteiger charge is 2.51. The molecule has 2 saturated heterocycles. The third-order valence-electron chi connectivity index (χ3n) is 16.5. The lowest BCUT2D eigenvalue weighted by Gasteiger charge is -2.46. The van der Waals surface area contributed by atoms with Crippen molar-refractivity contribution in [1.29, 1.82) is 0 Å². The first kappa shape index (κ1) is 78.2. The number of amides is 2. The number of carbonyl (C=O) groups excluding carboxylic acids is 5. The minimum absolute atomic E-state index is 0.0579. The molecule has 5 rings (SSSR count). The lowest BCUT2D eigenvalue weighted by Crippen LogP contribution is -2.64. The molecule has 2 fully saturated rings. The van der Waals surface area contributed by atoms with Gasteiger partial charge in [-0.25, -0.2) is 0 Å². The molecule has 4 heterocycles. The van der Waals surface area contributed by atoms with Gasteiger partial charge in [0.1, 0.15) is 24.1 Å². The Morgan fingerprint density at radius 2 is 1.34 bits per heavy atom. The zero-order chi connectivity index (χ0) is 68.9. The third kappa shape index (κ3) is 27.7. The standard InChI is InChI=1S/C70H101N5O19/c1-44-21-17-15-13-11-9-7-8-10-12-14-16-18-23-57(92-69-66(88)64(65(87)46(3)91-69)74-61(85)43-75(5)6)40-60-63(68(89)73-32-30-49-22-19-20-31-72-49)59(84)42-70(90,94-60)41-56(82)37-54(80)35-52(78)33-51(77)34-53(79)36-55(81)39-62(86)93-67(44)45(2)24-29-50(76)38-58(83)47-25-27-48(71-4)28-26-47/h7-23,25-28,31,44-46,50-52,54-57,59-60,63-67,69,71,76-78,80-82,84,87-88,90H,24,29-30,32-43H2,1-6H3,(H,73,89)(H,74,85). The predicted octanol–water partition coefficient (Wildman–Crippen LogP) is 3.13. The van der Waals surface area contributed by atoms with Crippen LogP contribution in [0, 0.1) is 17.8 Å². The lowest BCUT2D eigenvalue weighted by atomic mass is 9.82. The van der Waals surface area contributed by atoms with Gasteiger partial charge in [0.05, 0.1) is 86.0 Å². The van der Waals surface area contributed by atoms with Gasteiger partial charge in [-0.15, -0.1) is 0 Å². The number of aromatic nitrogens is 1. The molecule has 19 unspecified atom stereocenters. The summed E-state index contributed by atoms with van der Waals surface area (Å²) in [5.74, 6) is -7.22. The fourth-order valence-corrected chi connectivity index (χ4v) is 11.7. The second kappa shape index (κ2) is 40.2. The normalized spacial score (nSPS) is 31.7. The number of pyridine rings is 1. The number of aliphatic hydroxyl groups is 10. The van der Waals surface area contributed by atoms with Crippen LogP contribution >= 0.6 is 0 Å². The van der Waals surface area contributed by atoms with Crippen LogP contribution < -0.4 is 16.0 Å². The molecule has 0 saturated carbocycles. The molecular weight excluding hydrogens is 1210 g/mol. The SMILES string of the molecule is CNc1ccc(C(=O)CC(O)CCC(C)C2OC(=O)CC(O)CC(=O)CC(O)CC(O)CC(O)CC(O)CC3(O)CC(O)C(C(=O)NCCc4ccccn4)C(CC(OC4OC(C)C(O)C(NC(=O)CN(C)C)C4O)C=CC=CC=CC=CC=CC=CC=CC2C)O3)cc1. The average molecular weight is 1320 g/mol. The number of allylic oxidation sites excluding steroid dienone is 12. The Kier molecular flexibility index (Phi) is 33.4. The number of hydrogen-bond donors (Lipinski definition) is 13. The quantitative estimate of drug-likeness (QED) is 0.0799. The van der Waals surface area contributed by atoms with E-state index in [-0.39, 0.29) is 50.0 Å². The van der Waals surface area contributed by atoms with Gasteiger partial charge in [-0.2, -0.15) is 0 Å². The molecule has 0 aliphatic carbocycles. The summed E-state index contributed by atoms with van der Waals surface area (Å²) >= 11 is 0. The molecule has 0 radical (unpaired) electrons. The number of nitrogens with one attached hydrogen (secondary N) is 3. The smallest absolute Gasteiger partial charge is 0.308 e. The van der Waals surface area contributed by atoms with Crippen molar-refractivity contribution in [2.75, 3.05) is 39.5 Å². The van der Waals surface area contributed by atoms with Crippen LogP contribution in [0.4, 0.5) is 5.69 Å². The van der Waals surface area contributed by atoms with E-state index in [0.29, 0.717) is 24.1 Å². The van der Waals surface area contributed by atoms with Gasteiger partial charge in [-0.05, 0) is 95.4 Å². The highest BCUT2D eigenvalue weighted by Crippen LogP contribution is 2.38. The van der Waals surface area contributed by atoms with Gasteiger partial charge in [0.25, 0.3) is 0 Å². The molecule has 13 N–H and O–H groups in total. The molecule has 3 aliphatic heterocycles. The maximum Gasteiger partial charge on any atom is 0.308 e. The number of esters is 1. The van der Waals surface area contributed by atoms with E-state index in [2.05, 4.69) is 20.9 Å². The zero-order valence-corrected chi connectivity index (χ0v) is 54.7. The summed E-state index contributed by atoms with van der Waals surface area (Å²) in [5.41, 5.74) is 1.98. The molecule has 1 aromatic heterocycles. The third-order valence-corrected chi connectivity index (χ3v) is 16.5. The molecule has 0 spiro atoms. The predicted molar refractivity (Wildman–Crippen MR) is 351 cm³/mol. The van der Waals surface area contributed by atoms with Crippen LogP contribution in [-0.4, -0.2) is 222 Å². The number of fused-ring (bicyclic) bond motifs is 2. The van der Waals surface area contributed by atoms with E-state index >= 15 is 0 Å². The van der Waals surface area contributed by atoms with Gasteiger partial charge < -0.3 is 90.9 Å². The maximum absolute atomic E-state index is 14.2. The first-order valence-corrected chi connectivity index (χ1v) is 32.4. The summed E-state index contributed by atoms with van der Waals surface area (Å²) in [7, 11) is 5.12. The number of Topliss-reactive ketones (excluding diaryl/α,β-unsaturated/α-hetero) is 2. The van der Waals surface area contributed by atoms with Crippen LogP contribution in [0.25, 0.3) is 0 Å². The number of carbonyl (C=O) groups is 5. The van der Waals surface area contributed by atoms with Gasteiger partial charge in [0, 0.05) is 87.6 Å². The van der Waals surface area contributed by atoms with Gasteiger partial charge in [-0.1, -0.05) is 105 Å². The van der Waals surface area contributed by atoms with Crippen molar-refractivity contribution in [3.63, 3.8) is 0 Å². The lowest BCUT2D eigenvalue weighted by molar-refractivity contribution is -0.307. The number of rotatable bonds is 17. The van der Waals surface area contributed by atoms with Crippen molar-refractivity contribution >= 4 is 35.0 Å². The Bertz CT molecular complexity index is 2870. The molecule has 2 aromatic rings. The van der Waals surface area contributed by atoms with Crippen molar-refractivity contribution in [3.8, 4) is 0 Å². The Morgan fingerprint density at radius 1 is 0.734 bits per heavy atom. The molecule has 2 bridgehead atoms. The van der Waals surface area contributed by atoms with Gasteiger partial charge >= 0.3 is 5.97 Å². The number of ether oxygens (including phenoxy) is 4. The van der Waals surface area contributed by atoms with E-state index < -0.39 is 178 Å². The highest BCUT2D eigenvalue weighted by atomic mass is 16.7. The fraction of sp³-hybridized carbons (Fsp3) is 0.571. The Labute approximate surface area is 551 Å². The van der Waals surface area contributed by atoms with Crippen molar-refractivity contribution in [1.82, 2.24) is 20.5 Å². The fourth-order valence-electron chi connectivity index (χ4n) is 11.7. The van der Waals surface area contributed by atoms with Crippen LogP contribution in [0.5, 0.6) is 0 Å². The molecule has 3 aliphatic rings. The number of nitrogens with zero attached hydrogens (tertiary/aromatic N) is 2. The zero-order valence-electron chi connectivity index (χ0n) is 54.7. The number of ketones is 2. The van der Waals surface area contributed by atoms with Gasteiger partial charge in [-0.3, -0.25) is 29.0 Å². The summed E-state index contributed by atoms with van der Waals surface area (Å²) in [6, 6.07) is 11.0. The molecule has 94 heavy (non-hydrogen) atoms. The monoisotopic (exact) mass is 1320 g/mol. The van der Waals surface area contributed by atoms with Crippen LogP contribution in [-0.2, 0) is 44.5 Å². The van der Waals surface area contributed by atoms with E-state index in [9.17, 15) is 75.0 Å². The van der Waals surface area contributed by atoms with Crippen molar-refractivity contribution in [3.05, 3.63) is 145 Å². The summed E-state index contributed by atoms with van der Waals surface area (Å²) in [4.78, 5) is 72.6. The number of hydrogen-bond acceptors (Lipinski definition) is 22. The topological polar surface area (TPSA) is 377 Å². The molecular formula is C70H101N5O19. The van der Waals surface area contributed by atoms with Crippen LogP contribution in [0.1, 0.15) is 114 Å². The summed E-state index contributed by atoms with van der Waals surface area (Å²) in [6.07, 6.45) is 3.80. The number of anilines is 1. The van der Waals surface area contributed by atoms with E-state index in [1.165, 1.54) is 6.92 Å². The minimum atomic E-state index is -2.34. The van der Waals surface area contributed by atoms with Crippen molar-refractivity contribution in [2.24, 2.45) is 17.8 Å². The van der Waals surface area contributed by atoms with E-state index in [4.69, 9.17) is 18.9 Å². The Balaban J connectivity index is 1.40. The molecule has 1 aromatic carbocycles. The number of aliphatic hydroxyl groups excluding tert-OH is 9. The minimum Gasteiger partial charge on any atom is -0.461 e. The average Bonchev–Trinajstić information content (AvgIpc) is 0.810. The summed E-state index contributed by atoms with van der Waals surface area (Å²) in [5, 5.41) is 121. The van der Waals surface area contributed by atoms with Crippen molar-refractivity contribution < 1.29 is 94.0 Å². The van der Waals surface area contributed by atoms with E-state index in [1.54, 1.807) is 154 Å². The second-order valence-corrected chi connectivity index (χ2v) is 25.2. The Hall–Kier alpha value is -6.46.